The van der Waals surface area contributed by atoms with Gasteiger partial charge in [0.2, 0.25) is 0 Å². The number of hydrogen-bond acceptors (Lipinski definition) is 5. The van der Waals surface area contributed by atoms with Gasteiger partial charge in [0.25, 0.3) is 9.84 Å². The number of rotatable bonds is 2. The number of halogens is 6. The first-order valence-electron chi connectivity index (χ1n) is 9.05. The highest BCUT2D eigenvalue weighted by Gasteiger charge is 2.51. The van der Waals surface area contributed by atoms with Crippen molar-refractivity contribution < 1.29 is 45.0 Å². The Morgan fingerprint density at radius 2 is 1.74 bits per heavy atom. The van der Waals surface area contributed by atoms with Gasteiger partial charge < -0.3 is 15.1 Å². The average Bonchev–Trinajstić information content (AvgIpc) is 2.93. The first-order valence-corrected chi connectivity index (χ1v) is 10.5. The Morgan fingerprint density at radius 3 is 2.39 bits per heavy atom. The molecule has 1 heterocycles. The van der Waals surface area contributed by atoms with Gasteiger partial charge in [-0.05, 0) is 29.3 Å². The summed E-state index contributed by atoms with van der Waals surface area (Å²) in [6, 6.07) is 3.08. The second-order valence-corrected chi connectivity index (χ2v) is 9.36. The number of aliphatic hydroxyl groups is 2. The first-order chi connectivity index (χ1) is 14.3. The summed E-state index contributed by atoms with van der Waals surface area (Å²) in [6.45, 7) is -0.263. The van der Waals surface area contributed by atoms with E-state index in [0.717, 1.165) is 17.0 Å². The molecule has 0 fully saturated rings. The van der Waals surface area contributed by atoms with Crippen LogP contribution in [-0.4, -0.2) is 43.0 Å². The number of anilines is 2. The zero-order valence-electron chi connectivity index (χ0n) is 15.5. The molecule has 0 amide bonds. The Balaban J connectivity index is 1.96. The average molecular weight is 467 g/mol. The largest absolute Gasteiger partial charge is 0.501 e. The zero-order chi connectivity index (χ0) is 22.9. The summed E-state index contributed by atoms with van der Waals surface area (Å²) in [4.78, 5) is -0.157. The van der Waals surface area contributed by atoms with Gasteiger partial charge >= 0.3 is 5.51 Å². The van der Waals surface area contributed by atoms with E-state index in [-0.39, 0.29) is 35.5 Å². The number of aliphatic hydroxyl groups excluding tert-OH is 2. The lowest BCUT2D eigenvalue weighted by Gasteiger charge is -2.35. The van der Waals surface area contributed by atoms with Crippen LogP contribution in [-0.2, 0) is 22.7 Å². The molecule has 5 nitrogen and oxygen atoms in total. The highest BCUT2D eigenvalue weighted by atomic mass is 32.2. The van der Waals surface area contributed by atoms with E-state index in [2.05, 4.69) is 0 Å². The van der Waals surface area contributed by atoms with Gasteiger partial charge in [-0.1, -0.05) is 0 Å². The van der Waals surface area contributed by atoms with E-state index < -0.39 is 62.2 Å². The van der Waals surface area contributed by atoms with Crippen LogP contribution in [0.5, 0.6) is 0 Å². The number of alkyl halides is 4. The van der Waals surface area contributed by atoms with Crippen LogP contribution in [0.4, 0.5) is 37.7 Å². The number of hydrogen-bond donors (Lipinski definition) is 2. The summed E-state index contributed by atoms with van der Waals surface area (Å²) in [5.74, 6) is -1.92. The maximum Gasteiger partial charge on any atom is 0.501 e. The molecule has 4 rings (SSSR count). The first kappa shape index (κ1) is 21.9. The number of nitrogens with zero attached hydrogens (tertiary/aromatic N) is 1. The molecule has 3 atom stereocenters. The molecule has 0 radical (unpaired) electrons. The van der Waals surface area contributed by atoms with Crippen LogP contribution < -0.4 is 4.90 Å². The fourth-order valence-corrected chi connectivity index (χ4v) is 5.22. The Bertz CT molecular complexity index is 1170. The molecule has 0 unspecified atom stereocenters. The molecule has 12 heteroatoms. The standard InChI is InChI=1S/C19H15F6NO4S/c20-9-3-8-4-10(27)7-26(17(8)12(21)5-9)14-1-2-15(31(29,30)19(23,24)25)16-11(14)6-13(22)18(16)28/h1-3,5,10,13,18,27-28H,4,6-7H2/t10-,13-,18-/m1/s1. The highest BCUT2D eigenvalue weighted by molar-refractivity contribution is 7.92. The Labute approximate surface area is 172 Å². The van der Waals surface area contributed by atoms with Crippen LogP contribution in [0.2, 0.25) is 0 Å². The molecule has 168 valence electrons. The van der Waals surface area contributed by atoms with Crippen LogP contribution in [0.3, 0.4) is 0 Å². The van der Waals surface area contributed by atoms with Crippen molar-refractivity contribution in [3.05, 3.63) is 52.6 Å². The second-order valence-electron chi connectivity index (χ2n) is 7.45. The Hall–Kier alpha value is -2.31. The maximum absolute atomic E-state index is 14.6. The number of sulfone groups is 1. The van der Waals surface area contributed by atoms with Crippen LogP contribution >= 0.6 is 0 Å². The third-order valence-corrected chi connectivity index (χ3v) is 6.99. The van der Waals surface area contributed by atoms with E-state index in [9.17, 15) is 45.0 Å². The molecule has 0 saturated carbocycles. The normalized spacial score (nSPS) is 23.6. The van der Waals surface area contributed by atoms with Gasteiger partial charge in [-0.15, -0.1) is 0 Å². The van der Waals surface area contributed by atoms with Crippen molar-refractivity contribution in [1.29, 1.82) is 0 Å². The highest BCUT2D eigenvalue weighted by Crippen LogP contribution is 2.48. The van der Waals surface area contributed by atoms with Crippen molar-refractivity contribution in [1.82, 2.24) is 0 Å². The lowest BCUT2D eigenvalue weighted by atomic mass is 9.96. The summed E-state index contributed by atoms with van der Waals surface area (Å²) in [5.41, 5.74) is -6.88. The quantitative estimate of drug-likeness (QED) is 0.664. The minimum atomic E-state index is -5.91. The van der Waals surface area contributed by atoms with Gasteiger partial charge in [-0.25, -0.2) is 21.6 Å². The molecule has 1 aliphatic carbocycles. The summed E-state index contributed by atoms with van der Waals surface area (Å²) in [6.07, 6.45) is -6.08. The fourth-order valence-electron chi connectivity index (χ4n) is 4.19. The van der Waals surface area contributed by atoms with Gasteiger partial charge in [0.15, 0.2) is 0 Å². The van der Waals surface area contributed by atoms with E-state index in [1.54, 1.807) is 0 Å². The van der Waals surface area contributed by atoms with Gasteiger partial charge in [0.05, 0.1) is 16.7 Å². The van der Waals surface area contributed by atoms with Crippen molar-refractivity contribution in [2.75, 3.05) is 11.4 Å². The molecule has 0 aromatic heterocycles. The molecule has 31 heavy (non-hydrogen) atoms. The number of β-amino-alcohol motifs (C(OH)–C–C–N with tert-alkyl or cyclic N) is 1. The SMILES string of the molecule is O=S(=O)(c1ccc(N2C[C@H](O)Cc3cc(F)cc(F)c32)c2c1[C@H](O)[C@H](F)C2)C(F)(F)F. The van der Waals surface area contributed by atoms with Crippen LogP contribution in [0.25, 0.3) is 0 Å². The summed E-state index contributed by atoms with van der Waals surface area (Å²) in [7, 11) is -5.91. The molecule has 0 saturated heterocycles. The smallest absolute Gasteiger partial charge is 0.391 e. The van der Waals surface area contributed by atoms with E-state index in [1.807, 2.05) is 0 Å². The molecule has 2 N–H and O–H groups in total. The minimum Gasteiger partial charge on any atom is -0.391 e. The summed E-state index contributed by atoms with van der Waals surface area (Å²) >= 11 is 0. The van der Waals surface area contributed by atoms with Crippen molar-refractivity contribution in [3.63, 3.8) is 0 Å². The fraction of sp³-hybridized carbons (Fsp3) is 0.368. The van der Waals surface area contributed by atoms with Crippen LogP contribution in [0.15, 0.2) is 29.2 Å². The van der Waals surface area contributed by atoms with Crippen molar-refractivity contribution in [3.8, 4) is 0 Å². The predicted octanol–water partition coefficient (Wildman–Crippen LogP) is 3.24. The molecule has 2 aromatic rings. The van der Waals surface area contributed by atoms with E-state index in [4.69, 9.17) is 0 Å². The second kappa shape index (κ2) is 7.10. The Morgan fingerprint density at radius 1 is 1.06 bits per heavy atom. The van der Waals surface area contributed by atoms with E-state index in [1.165, 1.54) is 0 Å². The third kappa shape index (κ3) is 3.37. The maximum atomic E-state index is 14.6. The molecule has 0 spiro atoms. The predicted molar refractivity (Wildman–Crippen MR) is 96.3 cm³/mol. The molecular formula is C19H15F6NO4S. The van der Waals surface area contributed by atoms with Crippen LogP contribution in [0, 0.1) is 11.6 Å². The lowest BCUT2D eigenvalue weighted by molar-refractivity contribution is -0.0437. The summed E-state index contributed by atoms with van der Waals surface area (Å²) < 4.78 is 106. The van der Waals surface area contributed by atoms with Gasteiger partial charge in [-0.2, -0.15) is 13.2 Å². The van der Waals surface area contributed by atoms with Crippen LogP contribution in [0.1, 0.15) is 22.8 Å². The lowest BCUT2D eigenvalue weighted by Crippen LogP contribution is -2.36. The Kier molecular flexibility index (Phi) is 5.02. The van der Waals surface area contributed by atoms with E-state index >= 15 is 0 Å². The topological polar surface area (TPSA) is 77.8 Å². The zero-order valence-corrected chi connectivity index (χ0v) is 16.3. The molecule has 0 bridgehead atoms. The van der Waals surface area contributed by atoms with Crippen molar-refractivity contribution >= 4 is 21.2 Å². The minimum absolute atomic E-state index is 0.0762. The van der Waals surface area contributed by atoms with Crippen molar-refractivity contribution in [2.45, 2.75) is 41.6 Å². The molecule has 1 aliphatic heterocycles. The summed E-state index contributed by atoms with van der Waals surface area (Å²) in [5, 5.41) is 20.3. The molecule has 2 aromatic carbocycles. The van der Waals surface area contributed by atoms with Gasteiger partial charge in [-0.3, -0.25) is 0 Å². The number of fused-ring (bicyclic) bond motifs is 2. The monoisotopic (exact) mass is 467 g/mol. The van der Waals surface area contributed by atoms with Gasteiger partial charge in [0, 0.05) is 36.7 Å². The van der Waals surface area contributed by atoms with Crippen molar-refractivity contribution in [2.24, 2.45) is 0 Å². The molecule has 2 aliphatic rings. The number of benzene rings is 2. The van der Waals surface area contributed by atoms with Gasteiger partial charge in [0.1, 0.15) is 23.9 Å². The third-order valence-electron chi connectivity index (χ3n) is 5.44. The van der Waals surface area contributed by atoms with E-state index in [0.29, 0.717) is 12.1 Å². The molecular weight excluding hydrogens is 452 g/mol.